The molecule has 106 valence electrons. The number of rotatable bonds is 6. The fourth-order valence-electron chi connectivity index (χ4n) is 1.22. The second kappa shape index (κ2) is 6.04. The lowest BCUT2D eigenvalue weighted by molar-refractivity contribution is -0.140. The number of ether oxygens (including phenoxy) is 1. The van der Waals surface area contributed by atoms with Crippen LogP contribution in [-0.4, -0.2) is 39.3 Å². The molecule has 2 N–H and O–H groups in total. The average molecular weight is 295 g/mol. The zero-order valence-corrected chi connectivity index (χ0v) is 10.6. The first kappa shape index (κ1) is 15.5. The second-order valence-corrected chi connectivity index (χ2v) is 5.26. The highest BCUT2D eigenvalue weighted by molar-refractivity contribution is 7.89. The first-order chi connectivity index (χ1) is 8.77. The summed E-state index contributed by atoms with van der Waals surface area (Å²) in [5, 5.41) is 8.77. The summed E-state index contributed by atoms with van der Waals surface area (Å²) >= 11 is 0. The quantitative estimate of drug-likeness (QED) is 0.789. The number of nitrogens with one attached hydrogen (secondary N) is 1. The van der Waals surface area contributed by atoms with Crippen LogP contribution in [0.15, 0.2) is 23.1 Å². The van der Waals surface area contributed by atoms with Crippen molar-refractivity contribution in [3.63, 3.8) is 0 Å². The Morgan fingerprint density at radius 3 is 2.53 bits per heavy atom. The van der Waals surface area contributed by atoms with Gasteiger partial charge in [-0.25, -0.2) is 17.2 Å². The van der Waals surface area contributed by atoms with Crippen molar-refractivity contribution < 1.29 is 31.8 Å². The number of hydrogen-bond acceptors (Lipinski definition) is 4. The predicted molar refractivity (Wildman–Crippen MR) is 60.0 cm³/mol. The van der Waals surface area contributed by atoms with E-state index >= 15 is 0 Å². The van der Waals surface area contributed by atoms with Gasteiger partial charge in [0.1, 0.15) is 6.04 Å². The van der Waals surface area contributed by atoms with E-state index in [9.17, 15) is 22.0 Å². The molecule has 0 heterocycles. The van der Waals surface area contributed by atoms with Gasteiger partial charge in [-0.15, -0.1) is 0 Å². The Bertz CT molecular complexity index is 575. The average Bonchev–Trinajstić information content (AvgIpc) is 2.31. The smallest absolute Gasteiger partial charge is 0.324 e. The normalized spacial score (nSPS) is 13.2. The fraction of sp³-hybridized carbons (Fsp3) is 0.300. The number of methoxy groups -OCH3 is 1. The molecule has 0 aliphatic rings. The summed E-state index contributed by atoms with van der Waals surface area (Å²) < 4.78 is 55.5. The fourth-order valence-corrected chi connectivity index (χ4v) is 2.41. The maximum atomic E-state index is 12.9. The molecule has 0 aliphatic heterocycles. The summed E-state index contributed by atoms with van der Waals surface area (Å²) in [4.78, 5) is 10.2. The summed E-state index contributed by atoms with van der Waals surface area (Å²) in [6.45, 7) is -0.405. The molecule has 1 rings (SSSR count). The van der Waals surface area contributed by atoms with Crippen LogP contribution in [0.3, 0.4) is 0 Å². The molecule has 9 heteroatoms. The van der Waals surface area contributed by atoms with Crippen molar-refractivity contribution in [3.8, 4) is 0 Å². The molecule has 0 aromatic heterocycles. The van der Waals surface area contributed by atoms with Crippen molar-refractivity contribution in [3.05, 3.63) is 29.8 Å². The lowest BCUT2D eigenvalue weighted by Gasteiger charge is -2.13. The van der Waals surface area contributed by atoms with Crippen molar-refractivity contribution in [2.45, 2.75) is 10.9 Å². The third-order valence-corrected chi connectivity index (χ3v) is 3.60. The summed E-state index contributed by atoms with van der Waals surface area (Å²) in [6, 6.07) is 0.398. The largest absolute Gasteiger partial charge is 0.480 e. The maximum Gasteiger partial charge on any atom is 0.324 e. The Morgan fingerprint density at radius 1 is 1.42 bits per heavy atom. The first-order valence-electron chi connectivity index (χ1n) is 4.97. The van der Waals surface area contributed by atoms with Crippen molar-refractivity contribution in [2.75, 3.05) is 13.7 Å². The molecule has 1 aromatic carbocycles. The number of halogens is 2. The monoisotopic (exact) mass is 295 g/mol. The Labute approximate surface area is 108 Å². The third-order valence-electron chi connectivity index (χ3n) is 2.13. The van der Waals surface area contributed by atoms with Gasteiger partial charge in [0.05, 0.1) is 11.5 Å². The zero-order chi connectivity index (χ0) is 14.6. The van der Waals surface area contributed by atoms with Gasteiger partial charge >= 0.3 is 5.97 Å². The van der Waals surface area contributed by atoms with Gasteiger partial charge in [0.25, 0.3) is 0 Å². The Kier molecular flexibility index (Phi) is 4.92. The molecule has 0 saturated heterocycles. The summed E-state index contributed by atoms with van der Waals surface area (Å²) in [5.41, 5.74) is 0. The maximum absolute atomic E-state index is 12.9. The highest BCUT2D eigenvalue weighted by Gasteiger charge is 2.26. The third kappa shape index (κ3) is 3.94. The summed E-state index contributed by atoms with van der Waals surface area (Å²) in [7, 11) is -3.09. The van der Waals surface area contributed by atoms with Crippen LogP contribution in [0, 0.1) is 11.6 Å². The van der Waals surface area contributed by atoms with Crippen LogP contribution < -0.4 is 4.72 Å². The molecular weight excluding hydrogens is 284 g/mol. The van der Waals surface area contributed by atoms with E-state index in [1.54, 1.807) is 0 Å². The minimum absolute atomic E-state index is 0.405. The highest BCUT2D eigenvalue weighted by atomic mass is 32.2. The number of aliphatic carboxylic acids is 1. The van der Waals surface area contributed by atoms with Gasteiger partial charge in [0, 0.05) is 7.11 Å². The van der Waals surface area contributed by atoms with E-state index < -0.39 is 45.2 Å². The van der Waals surface area contributed by atoms with Crippen LogP contribution in [0.25, 0.3) is 0 Å². The topological polar surface area (TPSA) is 92.7 Å². The lowest BCUT2D eigenvalue weighted by Crippen LogP contribution is -2.43. The van der Waals surface area contributed by atoms with Crippen LogP contribution in [0.4, 0.5) is 8.78 Å². The van der Waals surface area contributed by atoms with Crippen LogP contribution in [0.2, 0.25) is 0 Å². The number of hydrogen-bond donors (Lipinski definition) is 2. The van der Waals surface area contributed by atoms with Crippen molar-refractivity contribution >= 4 is 16.0 Å². The van der Waals surface area contributed by atoms with E-state index in [-0.39, 0.29) is 0 Å². The molecule has 1 atom stereocenters. The lowest BCUT2D eigenvalue weighted by atomic mass is 10.3. The molecular formula is C10H11F2NO5S. The molecule has 1 unspecified atom stereocenters. The highest BCUT2D eigenvalue weighted by Crippen LogP contribution is 2.14. The number of carbonyl (C=O) groups is 1. The molecule has 0 aliphatic carbocycles. The molecule has 1 aromatic rings. The van der Waals surface area contributed by atoms with Crippen LogP contribution in [0.5, 0.6) is 0 Å². The van der Waals surface area contributed by atoms with Crippen LogP contribution in [0.1, 0.15) is 0 Å². The summed E-state index contributed by atoms with van der Waals surface area (Å²) in [5.74, 6) is -4.00. The van der Waals surface area contributed by atoms with E-state index in [2.05, 4.69) is 4.74 Å². The van der Waals surface area contributed by atoms with Gasteiger partial charge in [0.2, 0.25) is 10.0 Å². The Balaban J connectivity index is 3.03. The molecule has 0 fully saturated rings. The molecule has 0 saturated carbocycles. The second-order valence-electron chi connectivity index (χ2n) is 3.54. The van der Waals surface area contributed by atoms with Gasteiger partial charge in [-0.2, -0.15) is 4.72 Å². The molecule has 0 bridgehead atoms. The molecule has 19 heavy (non-hydrogen) atoms. The van der Waals surface area contributed by atoms with E-state index in [0.29, 0.717) is 12.1 Å². The van der Waals surface area contributed by atoms with Gasteiger partial charge in [-0.05, 0) is 18.2 Å². The molecule has 0 radical (unpaired) electrons. The zero-order valence-electron chi connectivity index (χ0n) is 9.76. The van der Waals surface area contributed by atoms with E-state index in [1.165, 1.54) is 7.11 Å². The molecule has 6 nitrogen and oxygen atoms in total. The minimum Gasteiger partial charge on any atom is -0.480 e. The SMILES string of the molecule is COCC(NS(=O)(=O)c1ccc(F)c(F)c1)C(=O)O. The van der Waals surface area contributed by atoms with Crippen molar-refractivity contribution in [1.29, 1.82) is 0 Å². The van der Waals surface area contributed by atoms with Gasteiger partial charge in [-0.3, -0.25) is 4.79 Å². The van der Waals surface area contributed by atoms with Gasteiger partial charge in [0.15, 0.2) is 11.6 Å². The molecule has 0 amide bonds. The number of carboxylic acids is 1. The Hall–Kier alpha value is -1.58. The number of sulfonamides is 1. The van der Waals surface area contributed by atoms with Gasteiger partial charge in [-0.1, -0.05) is 0 Å². The number of benzene rings is 1. The van der Waals surface area contributed by atoms with E-state index in [1.807, 2.05) is 4.72 Å². The van der Waals surface area contributed by atoms with Crippen LogP contribution in [-0.2, 0) is 19.6 Å². The Morgan fingerprint density at radius 2 is 2.05 bits per heavy atom. The van der Waals surface area contributed by atoms with Crippen LogP contribution >= 0.6 is 0 Å². The number of carboxylic acid groups (broad SMARTS) is 1. The predicted octanol–water partition coefficient (Wildman–Crippen LogP) is 0.343. The minimum atomic E-state index is -4.28. The van der Waals surface area contributed by atoms with E-state index in [0.717, 1.165) is 6.07 Å². The standard InChI is InChI=1S/C10H11F2NO5S/c1-18-5-9(10(14)15)13-19(16,17)6-2-3-7(11)8(12)4-6/h2-4,9,13H,5H2,1H3,(H,14,15). The summed E-state index contributed by atoms with van der Waals surface area (Å²) in [6.07, 6.45) is 0. The van der Waals surface area contributed by atoms with Crippen molar-refractivity contribution in [2.24, 2.45) is 0 Å². The van der Waals surface area contributed by atoms with E-state index in [4.69, 9.17) is 5.11 Å². The van der Waals surface area contributed by atoms with Gasteiger partial charge < -0.3 is 9.84 Å². The molecule has 0 spiro atoms. The first-order valence-corrected chi connectivity index (χ1v) is 6.45. The van der Waals surface area contributed by atoms with Crippen molar-refractivity contribution in [1.82, 2.24) is 4.72 Å².